The lowest BCUT2D eigenvalue weighted by molar-refractivity contribution is -0.121. The Hall–Kier alpha value is -4.49. The van der Waals surface area contributed by atoms with Gasteiger partial charge in [-0.25, -0.2) is 0 Å². The molecule has 0 unspecified atom stereocenters. The monoisotopic (exact) mass is 604 g/mol. The van der Waals surface area contributed by atoms with E-state index in [1.807, 2.05) is 71.6 Å². The van der Waals surface area contributed by atoms with Crippen molar-refractivity contribution >= 4 is 50.9 Å². The minimum absolute atomic E-state index is 0.244. The Bertz CT molecular complexity index is 1770. The average molecular weight is 605 g/mol. The van der Waals surface area contributed by atoms with Gasteiger partial charge in [-0.15, -0.1) is 0 Å². The molecule has 41 heavy (non-hydrogen) atoms. The molecular weight excluding hydrogens is 580 g/mol. The van der Waals surface area contributed by atoms with Crippen molar-refractivity contribution in [2.24, 2.45) is 5.92 Å². The predicted molar refractivity (Wildman–Crippen MR) is 162 cm³/mol. The first kappa shape index (κ1) is 25.5. The molecule has 0 saturated carbocycles. The predicted octanol–water partition coefficient (Wildman–Crippen LogP) is 6.31. The van der Waals surface area contributed by atoms with E-state index in [2.05, 4.69) is 21.2 Å². The minimum Gasteiger partial charge on any atom is -0.496 e. The number of Topliss-reactive ketones (excluding diaryl/α,β-unsaturated/α-hetero) is 2. The lowest BCUT2D eigenvalue weighted by Gasteiger charge is -2.37. The topological polar surface area (TPSA) is 75.7 Å². The molecule has 4 atom stereocenters. The van der Waals surface area contributed by atoms with Crippen LogP contribution in [-0.2, 0) is 10.2 Å². The molecule has 1 fully saturated rings. The van der Waals surface area contributed by atoms with E-state index in [0.717, 1.165) is 16.8 Å². The Morgan fingerprint density at radius 2 is 1.61 bits per heavy atom. The molecule has 1 saturated heterocycles. The normalized spacial score (nSPS) is 23.5. The van der Waals surface area contributed by atoms with Gasteiger partial charge in [0.15, 0.2) is 11.6 Å². The van der Waals surface area contributed by atoms with E-state index in [1.165, 1.54) is 0 Å². The Balaban J connectivity index is 1.52. The van der Waals surface area contributed by atoms with Crippen molar-refractivity contribution in [3.05, 3.63) is 130 Å². The molecule has 1 spiro atoms. The van der Waals surface area contributed by atoms with Crippen LogP contribution in [0.4, 0.5) is 11.4 Å². The number of para-hydroxylation sites is 2. The Kier molecular flexibility index (Phi) is 5.94. The molecule has 6 nitrogen and oxygen atoms in total. The van der Waals surface area contributed by atoms with Crippen LogP contribution in [0, 0.1) is 5.92 Å². The van der Waals surface area contributed by atoms with E-state index in [-0.39, 0.29) is 17.5 Å². The molecule has 3 heterocycles. The smallest absolute Gasteiger partial charge is 0.238 e. The molecule has 3 aliphatic rings. The van der Waals surface area contributed by atoms with Crippen LogP contribution in [0.15, 0.2) is 108 Å². The number of nitrogens with zero attached hydrogens (tertiary/aromatic N) is 1. The molecule has 4 aromatic carbocycles. The molecule has 7 heteroatoms. The zero-order valence-corrected chi connectivity index (χ0v) is 23.7. The van der Waals surface area contributed by atoms with E-state index in [9.17, 15) is 14.4 Å². The highest BCUT2D eigenvalue weighted by Gasteiger charge is 2.70. The van der Waals surface area contributed by atoms with Crippen molar-refractivity contribution in [1.82, 2.24) is 0 Å². The van der Waals surface area contributed by atoms with Gasteiger partial charge < -0.3 is 15.0 Å². The van der Waals surface area contributed by atoms with E-state index < -0.39 is 23.4 Å². The Morgan fingerprint density at radius 3 is 2.39 bits per heavy atom. The second kappa shape index (κ2) is 9.56. The Morgan fingerprint density at radius 1 is 0.878 bits per heavy atom. The van der Waals surface area contributed by atoms with Gasteiger partial charge in [-0.1, -0.05) is 78.9 Å². The number of nitrogens with one attached hydrogen (secondary N) is 1. The molecule has 202 valence electrons. The van der Waals surface area contributed by atoms with Gasteiger partial charge in [-0.2, -0.15) is 0 Å². The number of benzene rings is 4. The molecule has 3 aliphatic heterocycles. The SMILES string of the molecule is COc1ccc(C(=O)[C@@H]2[C@@H](C(=O)c3ccccc3)[C@@]3(C(=O)Nc4ccccc43)[C@H]3C=Cc4ccccc4N23)cc1Br. The number of methoxy groups -OCH3 is 1. The third-order valence-corrected chi connectivity index (χ3v) is 9.21. The van der Waals surface area contributed by atoms with Crippen LogP contribution < -0.4 is 15.0 Å². The number of ether oxygens (including phenoxy) is 1. The van der Waals surface area contributed by atoms with Crippen LogP contribution in [0.5, 0.6) is 5.75 Å². The molecule has 0 bridgehead atoms. The highest BCUT2D eigenvalue weighted by atomic mass is 79.9. The van der Waals surface area contributed by atoms with Crippen molar-refractivity contribution in [2.45, 2.75) is 17.5 Å². The fourth-order valence-corrected chi connectivity index (χ4v) is 7.43. The van der Waals surface area contributed by atoms with Crippen LogP contribution in [-0.4, -0.2) is 36.7 Å². The summed E-state index contributed by atoms with van der Waals surface area (Å²) < 4.78 is 6.03. The molecule has 4 aromatic rings. The quantitative estimate of drug-likeness (QED) is 0.270. The van der Waals surface area contributed by atoms with Gasteiger partial charge in [0, 0.05) is 22.5 Å². The minimum atomic E-state index is -1.34. The molecule has 0 radical (unpaired) electrons. The molecule has 1 N–H and O–H groups in total. The maximum absolute atomic E-state index is 14.8. The summed E-state index contributed by atoms with van der Waals surface area (Å²) in [6, 6.07) is 27.9. The van der Waals surface area contributed by atoms with E-state index in [1.54, 1.807) is 49.6 Å². The van der Waals surface area contributed by atoms with Gasteiger partial charge in [0.2, 0.25) is 5.91 Å². The average Bonchev–Trinajstić information content (AvgIpc) is 3.49. The van der Waals surface area contributed by atoms with Gasteiger partial charge in [-0.05, 0) is 57.4 Å². The number of amides is 1. The number of hydrogen-bond donors (Lipinski definition) is 1. The number of rotatable bonds is 5. The van der Waals surface area contributed by atoms with Crippen LogP contribution >= 0.6 is 15.9 Å². The molecule has 1 amide bonds. The molecule has 0 aromatic heterocycles. The number of ketones is 2. The largest absolute Gasteiger partial charge is 0.496 e. The van der Waals surface area contributed by atoms with E-state index in [4.69, 9.17) is 4.74 Å². The Labute approximate surface area is 245 Å². The molecular formula is C34H25BrN2O4. The zero-order chi connectivity index (χ0) is 28.3. The van der Waals surface area contributed by atoms with E-state index >= 15 is 0 Å². The highest BCUT2D eigenvalue weighted by Crippen LogP contribution is 2.58. The number of halogens is 1. The van der Waals surface area contributed by atoms with E-state index in [0.29, 0.717) is 27.0 Å². The zero-order valence-electron chi connectivity index (χ0n) is 22.1. The number of fused-ring (bicyclic) bond motifs is 6. The summed E-state index contributed by atoms with van der Waals surface area (Å²) in [6.45, 7) is 0. The van der Waals surface area contributed by atoms with Crippen molar-refractivity contribution in [2.75, 3.05) is 17.3 Å². The summed E-state index contributed by atoms with van der Waals surface area (Å²) in [7, 11) is 1.56. The third kappa shape index (κ3) is 3.58. The second-order valence-electron chi connectivity index (χ2n) is 10.5. The second-order valence-corrected chi connectivity index (χ2v) is 11.4. The van der Waals surface area contributed by atoms with Gasteiger partial charge in [0.05, 0.1) is 23.5 Å². The maximum atomic E-state index is 14.8. The first-order valence-electron chi connectivity index (χ1n) is 13.4. The molecule has 7 rings (SSSR count). The van der Waals surface area contributed by atoms with Crippen LogP contribution in [0.3, 0.4) is 0 Å². The first-order chi connectivity index (χ1) is 20.0. The maximum Gasteiger partial charge on any atom is 0.238 e. The summed E-state index contributed by atoms with van der Waals surface area (Å²) in [4.78, 5) is 45.8. The summed E-state index contributed by atoms with van der Waals surface area (Å²) in [5, 5.41) is 3.06. The molecule has 0 aliphatic carbocycles. The van der Waals surface area contributed by atoms with Gasteiger partial charge in [0.25, 0.3) is 0 Å². The lowest BCUT2D eigenvalue weighted by Crippen LogP contribution is -2.51. The number of anilines is 2. The standard InChI is InChI=1S/C34H25BrN2O4/c1-41-27-17-15-22(19-24(27)35)32(39)30-29(31(38)21-10-3-2-4-11-21)34(23-12-6-7-13-25(23)36-33(34)40)28-18-16-20-9-5-8-14-26(20)37(28)30/h2-19,28-30H,1H3,(H,36,40)/t28-,29+,30+,34+/m1/s1. The number of carbonyl (C=O) groups is 3. The van der Waals surface area contributed by atoms with Crippen molar-refractivity contribution < 1.29 is 19.1 Å². The fourth-order valence-electron chi connectivity index (χ4n) is 6.89. The fraction of sp³-hybridized carbons (Fsp3) is 0.147. The first-order valence-corrected chi connectivity index (χ1v) is 14.2. The number of hydrogen-bond acceptors (Lipinski definition) is 5. The van der Waals surface area contributed by atoms with Crippen molar-refractivity contribution in [3.8, 4) is 5.75 Å². The summed E-state index contributed by atoms with van der Waals surface area (Å²) in [6.07, 6.45) is 3.97. The highest BCUT2D eigenvalue weighted by molar-refractivity contribution is 9.10. The lowest BCUT2D eigenvalue weighted by atomic mass is 9.64. The van der Waals surface area contributed by atoms with Crippen LogP contribution in [0.1, 0.15) is 31.8 Å². The van der Waals surface area contributed by atoms with Crippen molar-refractivity contribution in [3.63, 3.8) is 0 Å². The van der Waals surface area contributed by atoms with Gasteiger partial charge >= 0.3 is 0 Å². The summed E-state index contributed by atoms with van der Waals surface area (Å²) in [5.41, 5.74) is 2.67. The van der Waals surface area contributed by atoms with Crippen LogP contribution in [0.2, 0.25) is 0 Å². The summed E-state index contributed by atoms with van der Waals surface area (Å²) in [5.74, 6) is -1.19. The van der Waals surface area contributed by atoms with Crippen molar-refractivity contribution in [1.29, 1.82) is 0 Å². The third-order valence-electron chi connectivity index (χ3n) is 8.59. The van der Waals surface area contributed by atoms with Gasteiger partial charge in [0.1, 0.15) is 17.2 Å². The van der Waals surface area contributed by atoms with Crippen LogP contribution in [0.25, 0.3) is 6.08 Å². The number of carbonyl (C=O) groups excluding carboxylic acids is 3. The summed E-state index contributed by atoms with van der Waals surface area (Å²) >= 11 is 3.52. The van der Waals surface area contributed by atoms with Gasteiger partial charge in [-0.3, -0.25) is 14.4 Å².